The smallest absolute Gasteiger partial charge is 0.307 e. The summed E-state index contributed by atoms with van der Waals surface area (Å²) >= 11 is 0. The zero-order chi connectivity index (χ0) is 17.9. The van der Waals surface area contributed by atoms with Crippen LogP contribution in [0.15, 0.2) is 41.4 Å². The molecule has 6 heteroatoms. The van der Waals surface area contributed by atoms with Crippen LogP contribution in [0.5, 0.6) is 0 Å². The number of aliphatic carboxylic acids is 1. The Morgan fingerprint density at radius 1 is 1.32 bits per heavy atom. The lowest BCUT2D eigenvalue weighted by Crippen LogP contribution is -2.43. The molecule has 3 rings (SSSR count). The van der Waals surface area contributed by atoms with Gasteiger partial charge in [-0.15, -0.1) is 0 Å². The van der Waals surface area contributed by atoms with E-state index in [0.29, 0.717) is 31.5 Å². The van der Waals surface area contributed by atoms with Crippen LogP contribution in [-0.4, -0.2) is 53.1 Å². The molecule has 2 unspecified atom stereocenters. The van der Waals surface area contributed by atoms with E-state index in [4.69, 9.17) is 0 Å². The Balaban J connectivity index is 1.70. The normalized spacial score (nSPS) is 26.0. The molecule has 25 heavy (non-hydrogen) atoms. The van der Waals surface area contributed by atoms with Crippen LogP contribution < -0.4 is 0 Å². The maximum absolute atomic E-state index is 13.1. The van der Waals surface area contributed by atoms with E-state index in [0.717, 1.165) is 13.0 Å². The van der Waals surface area contributed by atoms with Gasteiger partial charge in [0.15, 0.2) is 5.78 Å². The van der Waals surface area contributed by atoms with Crippen molar-refractivity contribution < 1.29 is 19.1 Å². The number of carboxylic acids is 1. The van der Waals surface area contributed by atoms with Crippen molar-refractivity contribution in [2.45, 2.75) is 24.8 Å². The Labute approximate surface area is 145 Å². The van der Waals surface area contributed by atoms with Crippen LogP contribution in [0.25, 0.3) is 0 Å². The number of carboxylic acid groups (broad SMARTS) is 1. The van der Waals surface area contributed by atoms with E-state index in [1.54, 1.807) is 18.4 Å². The van der Waals surface area contributed by atoms with Crippen LogP contribution >= 0.6 is 0 Å². The molecule has 2 heterocycles. The maximum Gasteiger partial charge on any atom is 0.307 e. The zero-order valence-corrected chi connectivity index (χ0v) is 13.9. The average Bonchev–Trinajstić information content (AvgIpc) is 3.10. The molecule has 0 aromatic heterocycles. The summed E-state index contributed by atoms with van der Waals surface area (Å²) < 4.78 is 13.1. The first-order chi connectivity index (χ1) is 12.0. The van der Waals surface area contributed by atoms with Crippen LogP contribution in [0.1, 0.15) is 29.6 Å². The van der Waals surface area contributed by atoms with Gasteiger partial charge in [0, 0.05) is 24.9 Å². The molecular formula is C19H21FN2O3. The van der Waals surface area contributed by atoms with Crippen molar-refractivity contribution in [1.82, 2.24) is 4.90 Å². The highest BCUT2D eigenvalue weighted by atomic mass is 19.1. The summed E-state index contributed by atoms with van der Waals surface area (Å²) in [4.78, 5) is 30.6. The molecular weight excluding hydrogens is 323 g/mol. The molecule has 2 aliphatic rings. The highest BCUT2D eigenvalue weighted by molar-refractivity contribution is 6.07. The molecule has 1 N–H and O–H groups in total. The van der Waals surface area contributed by atoms with Crippen molar-refractivity contribution in [2.75, 3.05) is 19.6 Å². The zero-order valence-electron chi connectivity index (χ0n) is 13.9. The molecule has 0 radical (unpaired) electrons. The van der Waals surface area contributed by atoms with Crippen LogP contribution in [0.4, 0.5) is 4.39 Å². The number of piperidine rings is 1. The van der Waals surface area contributed by atoms with Gasteiger partial charge in [-0.1, -0.05) is 0 Å². The number of hydrogen-bond acceptors (Lipinski definition) is 4. The Morgan fingerprint density at radius 2 is 2.08 bits per heavy atom. The minimum absolute atomic E-state index is 0.163. The summed E-state index contributed by atoms with van der Waals surface area (Å²) in [6.45, 7) is 1.93. The van der Waals surface area contributed by atoms with Crippen molar-refractivity contribution in [1.29, 1.82) is 0 Å². The number of benzene rings is 1. The number of carbonyl (C=O) groups excluding carboxylic acids is 1. The predicted molar refractivity (Wildman–Crippen MR) is 92.5 cm³/mol. The second kappa shape index (κ2) is 7.27. The molecule has 0 saturated carbocycles. The molecule has 0 aliphatic carbocycles. The van der Waals surface area contributed by atoms with Gasteiger partial charge >= 0.3 is 5.97 Å². The molecule has 1 fully saturated rings. The molecule has 132 valence electrons. The fraction of sp³-hybridized carbons (Fsp3) is 0.421. The Hall–Kier alpha value is -2.34. The van der Waals surface area contributed by atoms with Gasteiger partial charge in [-0.25, -0.2) is 4.39 Å². The van der Waals surface area contributed by atoms with Crippen molar-refractivity contribution in [3.63, 3.8) is 0 Å². The van der Waals surface area contributed by atoms with Gasteiger partial charge in [0.25, 0.3) is 0 Å². The lowest BCUT2D eigenvalue weighted by atomic mass is 9.86. The molecule has 1 aromatic carbocycles. The van der Waals surface area contributed by atoms with E-state index in [1.165, 1.54) is 24.3 Å². The van der Waals surface area contributed by atoms with Crippen LogP contribution in [0.2, 0.25) is 0 Å². The number of ketones is 1. The topological polar surface area (TPSA) is 70.0 Å². The second-order valence-corrected chi connectivity index (χ2v) is 6.63. The van der Waals surface area contributed by atoms with Gasteiger partial charge in [-0.3, -0.25) is 14.6 Å². The number of Topliss-reactive ketones (excluding diaryl/α,β-unsaturated/α-hetero) is 1. The van der Waals surface area contributed by atoms with E-state index in [-0.39, 0.29) is 17.5 Å². The highest BCUT2D eigenvalue weighted by Gasteiger charge is 2.38. The summed E-state index contributed by atoms with van der Waals surface area (Å²) in [5, 5.41) is 9.20. The number of halogens is 1. The maximum atomic E-state index is 13.1. The molecule has 2 atom stereocenters. The standard InChI is InChI=1S/C19H21FN2O3/c20-16-6-4-14(5-7-16)17(23)19(8-2-10-21-19)9-12-22-11-1-3-15(13-22)18(24)25/h2,4-8,10,15H,1,3,9,11-13H2,(H,24,25). The molecule has 0 amide bonds. The minimum atomic E-state index is -0.978. The fourth-order valence-corrected chi connectivity index (χ4v) is 3.46. The molecule has 1 saturated heterocycles. The molecule has 0 bridgehead atoms. The van der Waals surface area contributed by atoms with Crippen molar-refractivity contribution in [3.05, 3.63) is 47.8 Å². The fourth-order valence-electron chi connectivity index (χ4n) is 3.46. The molecule has 5 nitrogen and oxygen atoms in total. The number of hydrogen-bond donors (Lipinski definition) is 1. The third-order valence-corrected chi connectivity index (χ3v) is 4.93. The first-order valence-corrected chi connectivity index (χ1v) is 8.49. The SMILES string of the molecule is O=C(O)C1CCCN(CCC2(C(=O)c3ccc(F)cc3)C=CC=N2)C1. The van der Waals surface area contributed by atoms with E-state index in [9.17, 15) is 19.1 Å². The number of likely N-dealkylation sites (tertiary alicyclic amines) is 1. The third-order valence-electron chi connectivity index (χ3n) is 4.93. The van der Waals surface area contributed by atoms with E-state index in [1.807, 2.05) is 0 Å². The monoisotopic (exact) mass is 344 g/mol. The number of carbonyl (C=O) groups is 2. The summed E-state index contributed by atoms with van der Waals surface area (Å²) in [5.41, 5.74) is -0.555. The highest BCUT2D eigenvalue weighted by Crippen LogP contribution is 2.28. The lowest BCUT2D eigenvalue weighted by molar-refractivity contribution is -0.143. The summed E-state index contributed by atoms with van der Waals surface area (Å²) in [6.07, 6.45) is 7.15. The van der Waals surface area contributed by atoms with Gasteiger partial charge in [0.2, 0.25) is 0 Å². The number of nitrogens with zero attached hydrogens (tertiary/aromatic N) is 2. The predicted octanol–water partition coefficient (Wildman–Crippen LogP) is 2.57. The van der Waals surface area contributed by atoms with Crippen LogP contribution in [0, 0.1) is 11.7 Å². The number of rotatable bonds is 6. The Kier molecular flexibility index (Phi) is 5.08. The summed E-state index contributed by atoms with van der Waals surface area (Å²) in [6, 6.07) is 5.49. The van der Waals surface area contributed by atoms with Gasteiger partial charge < -0.3 is 10.0 Å². The minimum Gasteiger partial charge on any atom is -0.481 e. The van der Waals surface area contributed by atoms with Crippen molar-refractivity contribution in [2.24, 2.45) is 10.9 Å². The summed E-state index contributed by atoms with van der Waals surface area (Å²) in [5.74, 6) is -1.66. The molecule has 2 aliphatic heterocycles. The van der Waals surface area contributed by atoms with Crippen molar-refractivity contribution in [3.8, 4) is 0 Å². The average molecular weight is 344 g/mol. The third kappa shape index (κ3) is 3.85. The Morgan fingerprint density at radius 3 is 2.72 bits per heavy atom. The Bertz CT molecular complexity index is 700. The quantitative estimate of drug-likeness (QED) is 0.805. The first kappa shape index (κ1) is 17.5. The van der Waals surface area contributed by atoms with Gasteiger partial charge in [0.05, 0.1) is 5.92 Å². The van der Waals surface area contributed by atoms with E-state index < -0.39 is 11.5 Å². The molecule has 1 aromatic rings. The van der Waals surface area contributed by atoms with Crippen molar-refractivity contribution >= 4 is 18.0 Å². The lowest BCUT2D eigenvalue weighted by Gasteiger charge is -2.33. The molecule has 0 spiro atoms. The number of allylic oxidation sites excluding steroid dienone is 1. The second-order valence-electron chi connectivity index (χ2n) is 6.63. The number of aliphatic imine (C=N–C) groups is 1. The van der Waals surface area contributed by atoms with Crippen LogP contribution in [-0.2, 0) is 4.79 Å². The van der Waals surface area contributed by atoms with E-state index in [2.05, 4.69) is 9.89 Å². The summed E-state index contributed by atoms with van der Waals surface area (Å²) in [7, 11) is 0. The van der Waals surface area contributed by atoms with Gasteiger partial charge in [0.1, 0.15) is 11.4 Å². The van der Waals surface area contributed by atoms with Crippen LogP contribution in [0.3, 0.4) is 0 Å². The largest absolute Gasteiger partial charge is 0.481 e. The van der Waals surface area contributed by atoms with Gasteiger partial charge in [-0.05, 0) is 62.2 Å². The van der Waals surface area contributed by atoms with E-state index >= 15 is 0 Å². The van der Waals surface area contributed by atoms with Gasteiger partial charge in [-0.2, -0.15) is 0 Å². The first-order valence-electron chi connectivity index (χ1n) is 8.49.